The van der Waals surface area contributed by atoms with Crippen LogP contribution in [0.3, 0.4) is 0 Å². The highest BCUT2D eigenvalue weighted by Gasteiger charge is 2.39. The van der Waals surface area contributed by atoms with Crippen LogP contribution in [0.4, 0.5) is 20.8 Å². The van der Waals surface area contributed by atoms with E-state index in [4.69, 9.17) is 14.5 Å². The molecular formula is C39H48FN7O4. The Balaban J connectivity index is 1.12. The van der Waals surface area contributed by atoms with Gasteiger partial charge in [0.2, 0.25) is 11.9 Å². The molecule has 12 heteroatoms. The van der Waals surface area contributed by atoms with Gasteiger partial charge in [0, 0.05) is 61.9 Å². The first-order valence-electron chi connectivity index (χ1n) is 18.2. The number of pyridine rings is 2. The van der Waals surface area contributed by atoms with Gasteiger partial charge in [-0.05, 0) is 108 Å². The highest BCUT2D eigenvalue weighted by molar-refractivity contribution is 6.05. The van der Waals surface area contributed by atoms with Crippen molar-refractivity contribution in [1.82, 2.24) is 24.4 Å². The maximum Gasteiger partial charge on any atom is 0.410 e. The van der Waals surface area contributed by atoms with Crippen molar-refractivity contribution in [2.45, 2.75) is 85.3 Å². The fourth-order valence-corrected chi connectivity index (χ4v) is 7.67. The van der Waals surface area contributed by atoms with Crippen molar-refractivity contribution >= 4 is 34.7 Å². The number of aryl methyl sites for hydroxylation is 1. The summed E-state index contributed by atoms with van der Waals surface area (Å²) < 4.78 is 28.0. The molecule has 6 heterocycles. The molecule has 3 aromatic heterocycles. The molecule has 2 amide bonds. The van der Waals surface area contributed by atoms with Crippen molar-refractivity contribution in [3.8, 4) is 17.0 Å². The van der Waals surface area contributed by atoms with Crippen molar-refractivity contribution in [3.63, 3.8) is 0 Å². The SMILES string of the molecule is Cc1cc2cc(n1)-c1cnc(F)cc1OCCC[C@@H](C)Cn1c(nc3ccc(N4CCC5(CCN(C(=O)OC(C)(C)C)CC5)CC4)cc31)NC2=O. The Morgan fingerprint density at radius 1 is 1.04 bits per heavy atom. The van der Waals surface area contributed by atoms with E-state index < -0.39 is 11.5 Å². The standard InChI is InChI=1S/C39H48FN7O4/c1-25-7-6-18-50-33-22-34(40)41-23-29(33)31-20-27(19-26(2)42-31)35(48)44-36-43-30-9-8-28(21-32(30)47(36)24-25)45-14-10-39(11-15-45)12-16-46(17-13-39)37(49)51-38(3,4)5/h8-9,19-23,25H,6-7,10-18,24H2,1-5H3,(H,43,44,48)/t25-/m1/s1. The number of imidazole rings is 1. The lowest BCUT2D eigenvalue weighted by atomic mass is 9.71. The van der Waals surface area contributed by atoms with Gasteiger partial charge in [-0.15, -0.1) is 0 Å². The van der Waals surface area contributed by atoms with Gasteiger partial charge in [-0.25, -0.2) is 14.8 Å². The summed E-state index contributed by atoms with van der Waals surface area (Å²) in [5.41, 5.74) is 4.77. The zero-order valence-electron chi connectivity index (χ0n) is 30.3. The van der Waals surface area contributed by atoms with Gasteiger partial charge in [0.25, 0.3) is 5.91 Å². The smallest absolute Gasteiger partial charge is 0.410 e. The van der Waals surface area contributed by atoms with Crippen LogP contribution in [0.2, 0.25) is 0 Å². The Morgan fingerprint density at radius 3 is 2.53 bits per heavy atom. The Kier molecular flexibility index (Phi) is 9.36. The molecule has 0 aliphatic carbocycles. The van der Waals surface area contributed by atoms with Crippen LogP contribution < -0.4 is 15.0 Å². The minimum atomic E-state index is -0.632. The number of amides is 2. The van der Waals surface area contributed by atoms with Gasteiger partial charge in [-0.1, -0.05) is 6.92 Å². The van der Waals surface area contributed by atoms with E-state index in [-0.39, 0.29) is 23.3 Å². The van der Waals surface area contributed by atoms with Crippen LogP contribution in [-0.2, 0) is 11.3 Å². The number of likely N-dealkylation sites (tertiary alicyclic amines) is 1. The molecule has 2 fully saturated rings. The summed E-state index contributed by atoms with van der Waals surface area (Å²) in [5, 5.41) is 3.10. The first-order valence-corrected chi connectivity index (χ1v) is 18.2. The number of carbonyl (C=O) groups excluding carboxylic acids is 2. The minimum Gasteiger partial charge on any atom is -0.493 e. The molecule has 1 atom stereocenters. The molecule has 11 nitrogen and oxygen atoms in total. The molecule has 1 spiro atoms. The highest BCUT2D eigenvalue weighted by Crippen LogP contribution is 2.43. The molecular weight excluding hydrogens is 649 g/mol. The summed E-state index contributed by atoms with van der Waals surface area (Å²) in [6.07, 6.45) is 6.97. The molecule has 3 aliphatic rings. The second kappa shape index (κ2) is 13.8. The second-order valence-corrected chi connectivity index (χ2v) is 15.6. The quantitative estimate of drug-likeness (QED) is 0.202. The second-order valence-electron chi connectivity index (χ2n) is 15.6. The Hall–Kier alpha value is -4.74. The lowest BCUT2D eigenvalue weighted by Gasteiger charge is -2.47. The number of rotatable bonds is 1. The van der Waals surface area contributed by atoms with Crippen molar-refractivity contribution in [2.75, 3.05) is 43.0 Å². The molecule has 0 radical (unpaired) electrons. The van der Waals surface area contributed by atoms with Gasteiger partial charge in [-0.2, -0.15) is 4.39 Å². The zero-order valence-corrected chi connectivity index (χ0v) is 30.3. The van der Waals surface area contributed by atoms with E-state index in [0.717, 1.165) is 81.4 Å². The fourth-order valence-electron chi connectivity index (χ4n) is 7.67. The van der Waals surface area contributed by atoms with Crippen LogP contribution in [0.15, 0.2) is 42.6 Å². The predicted molar refractivity (Wildman–Crippen MR) is 195 cm³/mol. The number of aromatic nitrogens is 4. The predicted octanol–water partition coefficient (Wildman–Crippen LogP) is 7.62. The third kappa shape index (κ3) is 7.64. The van der Waals surface area contributed by atoms with Gasteiger partial charge in [0.05, 0.1) is 28.9 Å². The maximum atomic E-state index is 14.2. The summed E-state index contributed by atoms with van der Waals surface area (Å²) in [5.74, 6) is 0.163. The van der Waals surface area contributed by atoms with Gasteiger partial charge < -0.3 is 23.8 Å². The maximum absolute atomic E-state index is 14.2. The Morgan fingerprint density at radius 2 is 1.78 bits per heavy atom. The van der Waals surface area contributed by atoms with E-state index >= 15 is 0 Å². The molecule has 1 N–H and O–H groups in total. The number of hydrogen-bond donors (Lipinski definition) is 1. The van der Waals surface area contributed by atoms with E-state index in [0.29, 0.717) is 47.4 Å². The molecule has 51 heavy (non-hydrogen) atoms. The van der Waals surface area contributed by atoms with Crippen LogP contribution in [-0.4, -0.2) is 74.8 Å². The number of anilines is 2. The first-order chi connectivity index (χ1) is 24.3. The third-order valence-electron chi connectivity index (χ3n) is 10.5. The highest BCUT2D eigenvalue weighted by atomic mass is 19.1. The summed E-state index contributed by atoms with van der Waals surface area (Å²) >= 11 is 0. The normalized spacial score (nSPS) is 19.7. The lowest BCUT2D eigenvalue weighted by Crippen LogP contribution is -2.49. The first kappa shape index (κ1) is 34.7. The number of hydrogen-bond acceptors (Lipinski definition) is 8. The topological polar surface area (TPSA) is 115 Å². The van der Waals surface area contributed by atoms with Gasteiger partial charge in [0.15, 0.2) is 0 Å². The monoisotopic (exact) mass is 697 g/mol. The van der Waals surface area contributed by atoms with Crippen LogP contribution in [0, 0.1) is 24.2 Å². The summed E-state index contributed by atoms with van der Waals surface area (Å²) in [6.45, 7) is 14.2. The third-order valence-corrected chi connectivity index (χ3v) is 10.5. The average Bonchev–Trinajstić information content (AvgIpc) is 3.41. The summed E-state index contributed by atoms with van der Waals surface area (Å²) in [6, 6.07) is 11.1. The van der Waals surface area contributed by atoms with Crippen LogP contribution >= 0.6 is 0 Å². The fraction of sp³-hybridized carbons (Fsp3) is 0.513. The zero-order chi connectivity index (χ0) is 35.9. The van der Waals surface area contributed by atoms with Gasteiger partial charge >= 0.3 is 6.09 Å². The lowest BCUT2D eigenvalue weighted by molar-refractivity contribution is 0.00665. The molecule has 4 aromatic rings. The average molecular weight is 698 g/mol. The largest absolute Gasteiger partial charge is 0.493 e. The van der Waals surface area contributed by atoms with E-state index in [1.807, 2.05) is 32.6 Å². The van der Waals surface area contributed by atoms with Crippen LogP contribution in [0.25, 0.3) is 22.3 Å². The number of nitrogens with zero attached hydrogens (tertiary/aromatic N) is 6. The number of ether oxygens (including phenoxy) is 2. The number of fused-ring (bicyclic) bond motifs is 7. The molecule has 0 saturated carbocycles. The van der Waals surface area contributed by atoms with Crippen LogP contribution in [0.5, 0.6) is 5.75 Å². The van der Waals surface area contributed by atoms with Crippen molar-refractivity contribution in [3.05, 3.63) is 59.8 Å². The molecule has 0 unspecified atom stereocenters. The van der Waals surface area contributed by atoms with Crippen molar-refractivity contribution < 1.29 is 23.5 Å². The van der Waals surface area contributed by atoms with E-state index in [1.165, 1.54) is 12.3 Å². The molecule has 1 aromatic carbocycles. The molecule has 7 rings (SSSR count). The van der Waals surface area contributed by atoms with E-state index in [9.17, 15) is 14.0 Å². The van der Waals surface area contributed by atoms with Crippen molar-refractivity contribution in [2.24, 2.45) is 11.3 Å². The van der Waals surface area contributed by atoms with E-state index in [1.54, 1.807) is 12.1 Å². The number of carbonyl (C=O) groups is 2. The molecule has 270 valence electrons. The number of benzene rings is 1. The van der Waals surface area contributed by atoms with Crippen molar-refractivity contribution in [1.29, 1.82) is 0 Å². The number of nitrogens with one attached hydrogen (secondary N) is 1. The Bertz CT molecular complexity index is 1940. The summed E-state index contributed by atoms with van der Waals surface area (Å²) in [7, 11) is 0. The van der Waals surface area contributed by atoms with E-state index in [2.05, 4.69) is 49.9 Å². The minimum absolute atomic E-state index is 0.211. The molecule has 2 saturated heterocycles. The van der Waals surface area contributed by atoms with Gasteiger partial charge in [-0.3, -0.25) is 15.1 Å². The Labute approximate surface area is 298 Å². The van der Waals surface area contributed by atoms with Crippen LogP contribution in [0.1, 0.15) is 82.3 Å². The molecule has 3 aliphatic heterocycles. The number of piperidine rings is 2. The van der Waals surface area contributed by atoms with Gasteiger partial charge in [0.1, 0.15) is 11.4 Å². The summed E-state index contributed by atoms with van der Waals surface area (Å²) in [4.78, 5) is 44.1. The molecule has 2 bridgehead atoms. The number of halogens is 1.